The Kier molecular flexibility index (Phi) is 3.04. The molecule has 94 valence electrons. The molecular weight excluding hydrogens is 290 g/mol. The SMILES string of the molecule is NC(c1occc1Br)C1(c2ccccc2)CCC1. The molecule has 0 saturated heterocycles. The molecule has 0 amide bonds. The first-order valence-electron chi connectivity index (χ1n) is 6.28. The van der Waals surface area contributed by atoms with Gasteiger partial charge in [-0.3, -0.25) is 0 Å². The Balaban J connectivity index is 2.00. The van der Waals surface area contributed by atoms with Gasteiger partial charge in [-0.15, -0.1) is 0 Å². The van der Waals surface area contributed by atoms with Gasteiger partial charge in [0.05, 0.1) is 16.8 Å². The van der Waals surface area contributed by atoms with Crippen molar-refractivity contribution < 1.29 is 4.42 Å². The minimum Gasteiger partial charge on any atom is -0.466 e. The summed E-state index contributed by atoms with van der Waals surface area (Å²) in [7, 11) is 0. The molecule has 1 atom stereocenters. The lowest BCUT2D eigenvalue weighted by atomic mass is 9.60. The Morgan fingerprint density at radius 3 is 2.39 bits per heavy atom. The maximum atomic E-state index is 6.49. The summed E-state index contributed by atoms with van der Waals surface area (Å²) in [5.74, 6) is 0.860. The topological polar surface area (TPSA) is 39.2 Å². The lowest BCUT2D eigenvalue weighted by Gasteiger charge is -2.46. The maximum Gasteiger partial charge on any atom is 0.135 e. The monoisotopic (exact) mass is 305 g/mol. The van der Waals surface area contributed by atoms with Crippen molar-refractivity contribution in [2.75, 3.05) is 0 Å². The summed E-state index contributed by atoms with van der Waals surface area (Å²) in [5, 5.41) is 0. The predicted molar refractivity (Wildman–Crippen MR) is 75.3 cm³/mol. The fourth-order valence-corrected chi connectivity index (χ4v) is 3.33. The zero-order chi connectivity index (χ0) is 12.6. The predicted octanol–water partition coefficient (Wildman–Crippen LogP) is 4.16. The fraction of sp³-hybridized carbons (Fsp3) is 0.333. The van der Waals surface area contributed by atoms with Gasteiger partial charge in [0.2, 0.25) is 0 Å². The zero-order valence-corrected chi connectivity index (χ0v) is 11.7. The van der Waals surface area contributed by atoms with Gasteiger partial charge in [0.1, 0.15) is 5.76 Å². The minimum atomic E-state index is -0.0852. The van der Waals surface area contributed by atoms with Crippen molar-refractivity contribution >= 4 is 15.9 Å². The Morgan fingerprint density at radius 1 is 1.17 bits per heavy atom. The summed E-state index contributed by atoms with van der Waals surface area (Å²) < 4.78 is 6.53. The van der Waals surface area contributed by atoms with Gasteiger partial charge in [0.25, 0.3) is 0 Å². The highest BCUT2D eigenvalue weighted by atomic mass is 79.9. The van der Waals surface area contributed by atoms with Crippen molar-refractivity contribution in [3.05, 3.63) is 58.5 Å². The van der Waals surface area contributed by atoms with E-state index in [-0.39, 0.29) is 11.5 Å². The van der Waals surface area contributed by atoms with E-state index < -0.39 is 0 Å². The Bertz CT molecular complexity index is 530. The second-order valence-electron chi connectivity index (χ2n) is 4.99. The van der Waals surface area contributed by atoms with E-state index in [1.54, 1.807) is 6.26 Å². The minimum absolute atomic E-state index is 0.0433. The third-order valence-corrected chi connectivity index (χ3v) is 4.77. The van der Waals surface area contributed by atoms with Crippen molar-refractivity contribution in [2.24, 2.45) is 5.73 Å². The molecule has 1 aromatic heterocycles. The van der Waals surface area contributed by atoms with Crippen LogP contribution < -0.4 is 5.73 Å². The van der Waals surface area contributed by atoms with Crippen LogP contribution in [0.15, 0.2) is 51.6 Å². The van der Waals surface area contributed by atoms with Gasteiger partial charge in [-0.05, 0) is 40.4 Å². The van der Waals surface area contributed by atoms with Crippen molar-refractivity contribution in [3.63, 3.8) is 0 Å². The van der Waals surface area contributed by atoms with Gasteiger partial charge in [0.15, 0.2) is 0 Å². The number of furan rings is 1. The third kappa shape index (κ3) is 1.73. The molecule has 0 spiro atoms. The van der Waals surface area contributed by atoms with Crippen LogP contribution >= 0.6 is 15.9 Å². The van der Waals surface area contributed by atoms with E-state index in [1.807, 2.05) is 12.1 Å². The van der Waals surface area contributed by atoms with Gasteiger partial charge < -0.3 is 10.2 Å². The first-order valence-corrected chi connectivity index (χ1v) is 7.07. The molecule has 1 aliphatic rings. The van der Waals surface area contributed by atoms with Crippen LogP contribution in [0, 0.1) is 0 Å². The second kappa shape index (κ2) is 4.56. The molecule has 1 saturated carbocycles. The van der Waals surface area contributed by atoms with Crippen molar-refractivity contribution in [3.8, 4) is 0 Å². The van der Waals surface area contributed by atoms with Crippen molar-refractivity contribution in [2.45, 2.75) is 30.7 Å². The van der Waals surface area contributed by atoms with Crippen LogP contribution in [0.25, 0.3) is 0 Å². The number of nitrogens with two attached hydrogens (primary N) is 1. The van der Waals surface area contributed by atoms with Gasteiger partial charge in [-0.1, -0.05) is 36.8 Å². The lowest BCUT2D eigenvalue weighted by Crippen LogP contribution is -2.44. The molecule has 2 N–H and O–H groups in total. The first kappa shape index (κ1) is 12.0. The number of hydrogen-bond donors (Lipinski definition) is 1. The van der Waals surface area contributed by atoms with Crippen molar-refractivity contribution in [1.82, 2.24) is 0 Å². The van der Waals surface area contributed by atoms with Gasteiger partial charge in [-0.2, -0.15) is 0 Å². The molecule has 0 aliphatic heterocycles. The fourth-order valence-electron chi connectivity index (χ4n) is 2.89. The molecule has 1 fully saturated rings. The molecule has 1 aliphatic carbocycles. The Hall–Kier alpha value is -1.06. The molecule has 18 heavy (non-hydrogen) atoms. The number of rotatable bonds is 3. The van der Waals surface area contributed by atoms with Crippen LogP contribution in [0.1, 0.15) is 36.6 Å². The molecule has 0 bridgehead atoms. The highest BCUT2D eigenvalue weighted by molar-refractivity contribution is 9.10. The van der Waals surface area contributed by atoms with E-state index in [4.69, 9.17) is 10.2 Å². The molecule has 3 rings (SSSR count). The quantitative estimate of drug-likeness (QED) is 0.924. The van der Waals surface area contributed by atoms with E-state index in [0.717, 1.165) is 23.1 Å². The molecule has 1 aromatic carbocycles. The number of halogens is 1. The van der Waals surface area contributed by atoms with E-state index in [0.29, 0.717) is 0 Å². The third-order valence-electron chi connectivity index (χ3n) is 4.12. The summed E-state index contributed by atoms with van der Waals surface area (Å²) in [6.07, 6.45) is 5.19. The summed E-state index contributed by atoms with van der Waals surface area (Å²) in [5.41, 5.74) is 7.86. The molecule has 0 radical (unpaired) electrons. The van der Waals surface area contributed by atoms with Crippen LogP contribution in [0.2, 0.25) is 0 Å². The van der Waals surface area contributed by atoms with Gasteiger partial charge in [0, 0.05) is 5.41 Å². The largest absolute Gasteiger partial charge is 0.466 e. The van der Waals surface area contributed by atoms with Crippen LogP contribution in [-0.4, -0.2) is 0 Å². The summed E-state index contributed by atoms with van der Waals surface area (Å²) >= 11 is 3.51. The highest BCUT2D eigenvalue weighted by Crippen LogP contribution is 2.52. The van der Waals surface area contributed by atoms with E-state index in [1.165, 1.54) is 12.0 Å². The molecule has 1 heterocycles. The summed E-state index contributed by atoms with van der Waals surface area (Å²) in [6.45, 7) is 0. The number of hydrogen-bond acceptors (Lipinski definition) is 2. The average Bonchev–Trinajstić information content (AvgIpc) is 2.75. The molecular formula is C15H16BrNO. The summed E-state index contributed by atoms with van der Waals surface area (Å²) in [4.78, 5) is 0. The average molecular weight is 306 g/mol. The summed E-state index contributed by atoms with van der Waals surface area (Å²) in [6, 6.07) is 12.4. The Labute approximate surface area is 115 Å². The normalized spacial score (nSPS) is 19.2. The lowest BCUT2D eigenvalue weighted by molar-refractivity contribution is 0.179. The van der Waals surface area contributed by atoms with Crippen LogP contribution in [-0.2, 0) is 5.41 Å². The molecule has 3 heteroatoms. The second-order valence-corrected chi connectivity index (χ2v) is 5.84. The zero-order valence-electron chi connectivity index (χ0n) is 10.1. The van der Waals surface area contributed by atoms with Crippen LogP contribution in [0.4, 0.5) is 0 Å². The molecule has 2 nitrogen and oxygen atoms in total. The van der Waals surface area contributed by atoms with Crippen LogP contribution in [0.5, 0.6) is 0 Å². The van der Waals surface area contributed by atoms with Crippen molar-refractivity contribution in [1.29, 1.82) is 0 Å². The molecule has 2 aromatic rings. The first-order chi connectivity index (χ1) is 8.74. The van der Waals surface area contributed by atoms with Gasteiger partial charge >= 0.3 is 0 Å². The van der Waals surface area contributed by atoms with Crippen LogP contribution in [0.3, 0.4) is 0 Å². The van der Waals surface area contributed by atoms with E-state index >= 15 is 0 Å². The maximum absolute atomic E-state index is 6.49. The van der Waals surface area contributed by atoms with E-state index in [9.17, 15) is 0 Å². The Morgan fingerprint density at radius 2 is 1.89 bits per heavy atom. The number of benzene rings is 1. The van der Waals surface area contributed by atoms with E-state index in [2.05, 4.69) is 40.2 Å². The standard InChI is InChI=1S/C15H16BrNO/c16-12-7-10-18-13(12)14(17)15(8-4-9-15)11-5-2-1-3-6-11/h1-3,5-7,10,14H,4,8-9,17H2. The smallest absolute Gasteiger partial charge is 0.135 e. The molecule has 1 unspecified atom stereocenters. The van der Waals surface area contributed by atoms with Gasteiger partial charge in [-0.25, -0.2) is 0 Å². The highest BCUT2D eigenvalue weighted by Gasteiger charge is 2.46.